The van der Waals surface area contributed by atoms with Gasteiger partial charge in [-0.3, -0.25) is 14.5 Å². The Labute approximate surface area is 211 Å². The fraction of sp³-hybridized carbons (Fsp3) is 0.429. The summed E-state index contributed by atoms with van der Waals surface area (Å²) in [6.45, 7) is 5.30. The van der Waals surface area contributed by atoms with Gasteiger partial charge in [0.25, 0.3) is 5.91 Å². The molecule has 0 spiro atoms. The minimum Gasteiger partial charge on any atom is -0.338 e. The summed E-state index contributed by atoms with van der Waals surface area (Å²) in [6.07, 6.45) is 5.34. The monoisotopic (exact) mass is 487 g/mol. The first-order chi connectivity index (χ1) is 17.5. The summed E-state index contributed by atoms with van der Waals surface area (Å²) in [6, 6.07) is 15.3. The molecular formula is C28H33N5O3. The minimum absolute atomic E-state index is 0.0112. The van der Waals surface area contributed by atoms with E-state index in [0.717, 1.165) is 44.3 Å². The van der Waals surface area contributed by atoms with Gasteiger partial charge in [-0.05, 0) is 38.0 Å². The molecule has 1 N–H and O–H groups in total. The zero-order chi connectivity index (χ0) is 24.9. The zero-order valence-corrected chi connectivity index (χ0v) is 20.8. The summed E-state index contributed by atoms with van der Waals surface area (Å²) < 4.78 is 5.47. The smallest absolute Gasteiger partial charge is 0.254 e. The highest BCUT2D eigenvalue weighted by molar-refractivity contribution is 5.97. The fourth-order valence-electron chi connectivity index (χ4n) is 4.96. The van der Waals surface area contributed by atoms with Crippen LogP contribution < -0.4 is 5.32 Å². The number of nitrogens with zero attached hydrogens (tertiary/aromatic N) is 4. The summed E-state index contributed by atoms with van der Waals surface area (Å²) in [5, 5.41) is 7.14. The predicted octanol–water partition coefficient (Wildman–Crippen LogP) is 4.52. The van der Waals surface area contributed by atoms with Gasteiger partial charge in [0, 0.05) is 48.9 Å². The molecule has 1 saturated carbocycles. The van der Waals surface area contributed by atoms with E-state index in [1.54, 1.807) is 6.07 Å². The van der Waals surface area contributed by atoms with Crippen molar-refractivity contribution in [3.8, 4) is 11.4 Å². The molecule has 1 aliphatic heterocycles. The van der Waals surface area contributed by atoms with Crippen LogP contribution in [0.25, 0.3) is 11.4 Å². The van der Waals surface area contributed by atoms with Crippen LogP contribution in [-0.2, 0) is 11.3 Å². The lowest BCUT2D eigenvalue weighted by Crippen LogP contribution is -2.48. The van der Waals surface area contributed by atoms with Crippen molar-refractivity contribution in [1.82, 2.24) is 19.9 Å². The number of carbonyl (C=O) groups is 2. The van der Waals surface area contributed by atoms with E-state index in [1.807, 2.05) is 54.3 Å². The molecule has 36 heavy (non-hydrogen) atoms. The number of hydrogen-bond acceptors (Lipinski definition) is 6. The maximum Gasteiger partial charge on any atom is 0.254 e. The summed E-state index contributed by atoms with van der Waals surface area (Å²) in [5.74, 6) is 1.31. The first-order valence-corrected chi connectivity index (χ1v) is 12.9. The Morgan fingerprint density at radius 1 is 1.00 bits per heavy atom. The van der Waals surface area contributed by atoms with Gasteiger partial charge < -0.3 is 14.7 Å². The van der Waals surface area contributed by atoms with Crippen molar-refractivity contribution in [3.05, 3.63) is 65.5 Å². The maximum absolute atomic E-state index is 13.1. The van der Waals surface area contributed by atoms with Gasteiger partial charge in [0.2, 0.25) is 17.6 Å². The third-order valence-corrected chi connectivity index (χ3v) is 7.15. The molecule has 5 rings (SSSR count). The molecule has 8 nitrogen and oxygen atoms in total. The highest BCUT2D eigenvalue weighted by atomic mass is 16.5. The van der Waals surface area contributed by atoms with Crippen LogP contribution in [0.2, 0.25) is 0 Å². The van der Waals surface area contributed by atoms with E-state index in [1.165, 1.54) is 12.0 Å². The van der Waals surface area contributed by atoms with E-state index in [4.69, 9.17) is 4.52 Å². The Morgan fingerprint density at radius 3 is 2.50 bits per heavy atom. The molecule has 2 fully saturated rings. The Morgan fingerprint density at radius 2 is 1.75 bits per heavy atom. The largest absolute Gasteiger partial charge is 0.338 e. The lowest BCUT2D eigenvalue weighted by molar-refractivity contribution is -0.120. The van der Waals surface area contributed by atoms with Crippen LogP contribution in [0.5, 0.6) is 0 Å². The van der Waals surface area contributed by atoms with Gasteiger partial charge in [0.15, 0.2) is 0 Å². The second kappa shape index (κ2) is 11.0. The molecule has 2 aliphatic rings. The van der Waals surface area contributed by atoms with Crippen LogP contribution in [-0.4, -0.2) is 57.9 Å². The maximum atomic E-state index is 13.1. The van der Waals surface area contributed by atoms with Gasteiger partial charge in [-0.15, -0.1) is 0 Å². The summed E-state index contributed by atoms with van der Waals surface area (Å²) in [5.41, 5.74) is 3.41. The topological polar surface area (TPSA) is 91.6 Å². The van der Waals surface area contributed by atoms with Gasteiger partial charge in [-0.25, -0.2) is 0 Å². The van der Waals surface area contributed by atoms with Crippen molar-refractivity contribution in [1.29, 1.82) is 0 Å². The summed E-state index contributed by atoms with van der Waals surface area (Å²) in [7, 11) is 0. The molecule has 0 bridgehead atoms. The van der Waals surface area contributed by atoms with Crippen molar-refractivity contribution >= 4 is 17.5 Å². The number of aryl methyl sites for hydroxylation is 1. The number of rotatable bonds is 6. The number of benzene rings is 2. The molecule has 1 aliphatic carbocycles. The number of anilines is 1. The molecule has 2 heterocycles. The first kappa shape index (κ1) is 24.2. The lowest BCUT2D eigenvalue weighted by atomic mass is 9.88. The Hall–Kier alpha value is -3.52. The van der Waals surface area contributed by atoms with Gasteiger partial charge in [-0.2, -0.15) is 4.98 Å². The zero-order valence-electron chi connectivity index (χ0n) is 20.8. The SMILES string of the molecule is Cc1ccc(-c2noc(CN3CCN(C(=O)c4cccc(NC(=O)C5CCCCC5)c4)CC3)n2)cc1. The van der Waals surface area contributed by atoms with E-state index in [2.05, 4.69) is 20.4 Å². The van der Waals surface area contributed by atoms with E-state index in [9.17, 15) is 9.59 Å². The van der Waals surface area contributed by atoms with Gasteiger partial charge in [-0.1, -0.05) is 60.3 Å². The molecule has 2 amide bonds. The normalized spacial score (nSPS) is 17.2. The average Bonchev–Trinajstić information content (AvgIpc) is 3.38. The minimum atomic E-state index is -0.0112. The van der Waals surface area contributed by atoms with Crippen LogP contribution in [0.3, 0.4) is 0 Å². The van der Waals surface area contributed by atoms with E-state index < -0.39 is 0 Å². The Bertz CT molecular complexity index is 1190. The molecule has 8 heteroatoms. The Balaban J connectivity index is 1.13. The van der Waals surface area contributed by atoms with Crippen LogP contribution in [0.1, 0.15) is 53.9 Å². The fourth-order valence-corrected chi connectivity index (χ4v) is 4.96. The van der Waals surface area contributed by atoms with Gasteiger partial charge in [0.1, 0.15) is 0 Å². The van der Waals surface area contributed by atoms with Crippen molar-refractivity contribution < 1.29 is 14.1 Å². The molecule has 0 unspecified atom stereocenters. The average molecular weight is 488 g/mol. The third-order valence-electron chi connectivity index (χ3n) is 7.15. The molecular weight excluding hydrogens is 454 g/mol. The molecule has 2 aromatic carbocycles. The highest BCUT2D eigenvalue weighted by Gasteiger charge is 2.25. The van der Waals surface area contributed by atoms with Crippen LogP contribution in [0.4, 0.5) is 5.69 Å². The lowest BCUT2D eigenvalue weighted by Gasteiger charge is -2.34. The summed E-state index contributed by atoms with van der Waals surface area (Å²) in [4.78, 5) is 34.4. The number of hydrogen-bond donors (Lipinski definition) is 1. The number of amides is 2. The summed E-state index contributed by atoms with van der Waals surface area (Å²) >= 11 is 0. The van der Waals surface area contributed by atoms with Gasteiger partial charge in [0.05, 0.1) is 6.54 Å². The van der Waals surface area contributed by atoms with Gasteiger partial charge >= 0.3 is 0 Å². The third kappa shape index (κ3) is 5.82. The van der Waals surface area contributed by atoms with E-state index in [0.29, 0.717) is 42.6 Å². The standard InChI is InChI=1S/C28H33N5O3/c1-20-10-12-21(13-11-20)26-30-25(36-31-26)19-32-14-16-33(17-15-32)28(35)23-8-5-9-24(18-23)29-27(34)22-6-3-2-4-7-22/h5,8-13,18,22H,2-4,6-7,14-17,19H2,1H3,(H,29,34). The molecule has 3 aromatic rings. The molecule has 1 saturated heterocycles. The highest BCUT2D eigenvalue weighted by Crippen LogP contribution is 2.25. The predicted molar refractivity (Wildman–Crippen MR) is 137 cm³/mol. The molecule has 1 aromatic heterocycles. The number of aromatic nitrogens is 2. The number of carbonyl (C=O) groups excluding carboxylic acids is 2. The van der Waals surface area contributed by atoms with E-state index in [-0.39, 0.29) is 17.7 Å². The quantitative estimate of drug-likeness (QED) is 0.550. The second-order valence-electron chi connectivity index (χ2n) is 9.85. The van der Waals surface area contributed by atoms with Crippen LogP contribution in [0, 0.1) is 12.8 Å². The number of piperazine rings is 1. The van der Waals surface area contributed by atoms with Crippen LogP contribution >= 0.6 is 0 Å². The Kier molecular flexibility index (Phi) is 7.41. The van der Waals surface area contributed by atoms with Crippen molar-refractivity contribution in [2.24, 2.45) is 5.92 Å². The van der Waals surface area contributed by atoms with Crippen LogP contribution in [0.15, 0.2) is 53.1 Å². The van der Waals surface area contributed by atoms with Crippen molar-refractivity contribution in [3.63, 3.8) is 0 Å². The molecule has 188 valence electrons. The van der Waals surface area contributed by atoms with Crippen molar-refractivity contribution in [2.75, 3.05) is 31.5 Å². The molecule has 0 radical (unpaired) electrons. The van der Waals surface area contributed by atoms with Crippen molar-refractivity contribution in [2.45, 2.75) is 45.6 Å². The first-order valence-electron chi connectivity index (χ1n) is 12.9. The van der Waals surface area contributed by atoms with E-state index >= 15 is 0 Å². The second-order valence-corrected chi connectivity index (χ2v) is 9.85. The number of nitrogens with one attached hydrogen (secondary N) is 1. The molecule has 0 atom stereocenters.